The molecule has 0 amide bonds. The Hall–Kier alpha value is -2.55. The van der Waals surface area contributed by atoms with Crippen molar-refractivity contribution in [3.8, 4) is 5.75 Å². The molecule has 0 aliphatic rings. The largest absolute Gasteiger partial charge is 0.497 e. The number of ether oxygens (including phenoxy) is 2. The number of methoxy groups -OCH3 is 2. The van der Waals surface area contributed by atoms with Crippen molar-refractivity contribution in [2.24, 2.45) is 0 Å². The first-order chi connectivity index (χ1) is 9.72. The first-order valence-corrected chi connectivity index (χ1v) is 6.23. The third-order valence-electron chi connectivity index (χ3n) is 2.92. The fraction of sp³-hybridized carbons (Fsp3) is 0.118. The molecule has 3 nitrogen and oxygen atoms in total. The molecule has 102 valence electrons. The Kier molecular flexibility index (Phi) is 4.56. The number of esters is 1. The fourth-order valence-electron chi connectivity index (χ4n) is 1.76. The summed E-state index contributed by atoms with van der Waals surface area (Å²) in [5.41, 5.74) is 2.66. The highest BCUT2D eigenvalue weighted by Crippen LogP contribution is 2.14. The zero-order chi connectivity index (χ0) is 14.4. The zero-order valence-corrected chi connectivity index (χ0v) is 11.5. The molecule has 3 heteroatoms. The van der Waals surface area contributed by atoms with Gasteiger partial charge < -0.3 is 9.47 Å². The second-order valence-electron chi connectivity index (χ2n) is 4.22. The van der Waals surface area contributed by atoms with Crippen molar-refractivity contribution in [1.29, 1.82) is 0 Å². The average Bonchev–Trinajstić information content (AvgIpc) is 2.53. The molecule has 0 heterocycles. The Morgan fingerprint density at radius 3 is 1.80 bits per heavy atom. The summed E-state index contributed by atoms with van der Waals surface area (Å²) in [4.78, 5) is 11.3. The molecule has 0 aliphatic heterocycles. The quantitative estimate of drug-likeness (QED) is 0.627. The van der Waals surface area contributed by atoms with Crippen molar-refractivity contribution in [3.63, 3.8) is 0 Å². The molecule has 2 aromatic carbocycles. The van der Waals surface area contributed by atoms with Gasteiger partial charge in [-0.15, -0.1) is 0 Å². The SMILES string of the molecule is COC(=O)c1ccc(C=Cc2ccc(OC)cc2)cc1. The minimum Gasteiger partial charge on any atom is -0.497 e. The average molecular weight is 268 g/mol. The number of rotatable bonds is 4. The van der Waals surface area contributed by atoms with Crippen molar-refractivity contribution in [2.45, 2.75) is 0 Å². The number of hydrogen-bond acceptors (Lipinski definition) is 3. The smallest absolute Gasteiger partial charge is 0.337 e. The van der Waals surface area contributed by atoms with E-state index >= 15 is 0 Å². The van der Waals surface area contributed by atoms with E-state index in [9.17, 15) is 4.79 Å². The highest BCUT2D eigenvalue weighted by atomic mass is 16.5. The fourth-order valence-corrected chi connectivity index (χ4v) is 1.76. The Morgan fingerprint density at radius 1 is 0.850 bits per heavy atom. The Balaban J connectivity index is 2.08. The minimum atomic E-state index is -0.323. The van der Waals surface area contributed by atoms with Crippen molar-refractivity contribution < 1.29 is 14.3 Å². The standard InChI is InChI=1S/C17H16O3/c1-19-16-11-7-14(8-12-16)4-3-13-5-9-15(10-6-13)17(18)20-2/h3-12H,1-2H3. The third kappa shape index (κ3) is 3.48. The summed E-state index contributed by atoms with van der Waals surface area (Å²) in [5.74, 6) is 0.514. The normalized spacial score (nSPS) is 10.5. The van der Waals surface area contributed by atoms with Crippen LogP contribution in [-0.4, -0.2) is 20.2 Å². The Labute approximate surface area is 118 Å². The lowest BCUT2D eigenvalue weighted by Crippen LogP contribution is -2.00. The number of benzene rings is 2. The van der Waals surface area contributed by atoms with E-state index in [-0.39, 0.29) is 5.97 Å². The van der Waals surface area contributed by atoms with Gasteiger partial charge >= 0.3 is 5.97 Å². The van der Waals surface area contributed by atoms with Crippen LogP contribution in [0.4, 0.5) is 0 Å². The third-order valence-corrected chi connectivity index (χ3v) is 2.92. The predicted octanol–water partition coefficient (Wildman–Crippen LogP) is 3.65. The van der Waals surface area contributed by atoms with Gasteiger partial charge in [0.05, 0.1) is 19.8 Å². The van der Waals surface area contributed by atoms with Crippen LogP contribution in [0.3, 0.4) is 0 Å². The molecule has 0 radical (unpaired) electrons. The molecule has 0 fully saturated rings. The van der Waals surface area contributed by atoms with Crippen LogP contribution in [0.2, 0.25) is 0 Å². The molecule has 0 saturated carbocycles. The van der Waals surface area contributed by atoms with Crippen LogP contribution in [0.15, 0.2) is 48.5 Å². The molecule has 2 rings (SSSR count). The maximum atomic E-state index is 11.3. The van der Waals surface area contributed by atoms with Gasteiger partial charge in [-0.05, 0) is 35.4 Å². The summed E-state index contributed by atoms with van der Waals surface area (Å²) < 4.78 is 9.77. The molecule has 0 aliphatic carbocycles. The number of hydrogen-bond donors (Lipinski definition) is 0. The van der Waals surface area contributed by atoms with Crippen LogP contribution in [0.5, 0.6) is 5.75 Å². The monoisotopic (exact) mass is 268 g/mol. The second kappa shape index (κ2) is 6.57. The van der Waals surface area contributed by atoms with E-state index in [0.29, 0.717) is 5.56 Å². The van der Waals surface area contributed by atoms with Crippen LogP contribution >= 0.6 is 0 Å². The Bertz CT molecular complexity index is 595. The van der Waals surface area contributed by atoms with Crippen LogP contribution < -0.4 is 4.74 Å². The van der Waals surface area contributed by atoms with Crippen molar-refractivity contribution in [2.75, 3.05) is 14.2 Å². The van der Waals surface area contributed by atoms with Crippen molar-refractivity contribution in [3.05, 3.63) is 65.2 Å². The zero-order valence-electron chi connectivity index (χ0n) is 11.5. The first-order valence-electron chi connectivity index (χ1n) is 6.23. The summed E-state index contributed by atoms with van der Waals surface area (Å²) in [5, 5.41) is 0. The molecule has 0 bridgehead atoms. The van der Waals surface area contributed by atoms with Gasteiger partial charge in [0.25, 0.3) is 0 Å². The molecule has 20 heavy (non-hydrogen) atoms. The molecule has 0 aromatic heterocycles. The molecular formula is C17H16O3. The van der Waals surface area contributed by atoms with Gasteiger partial charge in [-0.1, -0.05) is 36.4 Å². The summed E-state index contributed by atoms with van der Waals surface area (Å²) in [6, 6.07) is 15.1. The first kappa shape index (κ1) is 13.9. The van der Waals surface area contributed by atoms with E-state index < -0.39 is 0 Å². The molecule has 0 saturated heterocycles. The van der Waals surface area contributed by atoms with E-state index in [0.717, 1.165) is 16.9 Å². The number of carbonyl (C=O) groups is 1. The van der Waals surface area contributed by atoms with E-state index in [1.165, 1.54) is 7.11 Å². The molecule has 0 N–H and O–H groups in total. The summed E-state index contributed by atoms with van der Waals surface area (Å²) in [6.07, 6.45) is 4.00. The van der Waals surface area contributed by atoms with E-state index in [1.54, 1.807) is 19.2 Å². The van der Waals surface area contributed by atoms with Crippen LogP contribution in [0.1, 0.15) is 21.5 Å². The van der Waals surface area contributed by atoms with Gasteiger partial charge in [0.2, 0.25) is 0 Å². The summed E-state index contributed by atoms with van der Waals surface area (Å²) in [6.45, 7) is 0. The van der Waals surface area contributed by atoms with Crippen LogP contribution in [-0.2, 0) is 4.74 Å². The highest BCUT2D eigenvalue weighted by Gasteiger charge is 2.02. The van der Waals surface area contributed by atoms with Gasteiger partial charge in [0, 0.05) is 0 Å². The van der Waals surface area contributed by atoms with Crippen molar-refractivity contribution in [1.82, 2.24) is 0 Å². The lowest BCUT2D eigenvalue weighted by Gasteiger charge is -2.00. The predicted molar refractivity (Wildman–Crippen MR) is 79.7 cm³/mol. The lowest BCUT2D eigenvalue weighted by molar-refractivity contribution is 0.0601. The molecule has 0 spiro atoms. The number of carbonyl (C=O) groups excluding carboxylic acids is 1. The summed E-state index contributed by atoms with van der Waals surface area (Å²) in [7, 11) is 3.02. The maximum Gasteiger partial charge on any atom is 0.337 e. The summed E-state index contributed by atoms with van der Waals surface area (Å²) >= 11 is 0. The lowest BCUT2D eigenvalue weighted by atomic mass is 10.1. The van der Waals surface area contributed by atoms with Gasteiger partial charge in [-0.25, -0.2) is 4.79 Å². The molecule has 0 unspecified atom stereocenters. The van der Waals surface area contributed by atoms with E-state index in [2.05, 4.69) is 4.74 Å². The maximum absolute atomic E-state index is 11.3. The van der Waals surface area contributed by atoms with Crippen LogP contribution in [0, 0.1) is 0 Å². The van der Waals surface area contributed by atoms with Crippen molar-refractivity contribution >= 4 is 18.1 Å². The second-order valence-corrected chi connectivity index (χ2v) is 4.22. The van der Waals surface area contributed by atoms with Crippen LogP contribution in [0.25, 0.3) is 12.2 Å². The minimum absolute atomic E-state index is 0.323. The van der Waals surface area contributed by atoms with E-state index in [4.69, 9.17) is 4.74 Å². The Morgan fingerprint density at radius 2 is 1.35 bits per heavy atom. The molecule has 0 atom stereocenters. The highest BCUT2D eigenvalue weighted by molar-refractivity contribution is 5.89. The van der Waals surface area contributed by atoms with Gasteiger partial charge in [0.15, 0.2) is 0 Å². The van der Waals surface area contributed by atoms with E-state index in [1.807, 2.05) is 48.6 Å². The van der Waals surface area contributed by atoms with Gasteiger partial charge in [-0.2, -0.15) is 0 Å². The van der Waals surface area contributed by atoms with Gasteiger partial charge in [0.1, 0.15) is 5.75 Å². The topological polar surface area (TPSA) is 35.5 Å². The molecular weight excluding hydrogens is 252 g/mol. The van der Waals surface area contributed by atoms with Gasteiger partial charge in [-0.3, -0.25) is 0 Å². The molecule has 2 aromatic rings.